The molecule has 0 radical (unpaired) electrons. The molecule has 0 spiro atoms. The molecule has 6 heteroatoms. The van der Waals surface area contributed by atoms with Crippen LogP contribution in [0.5, 0.6) is 0 Å². The second-order valence-corrected chi connectivity index (χ2v) is 3.91. The first kappa shape index (κ1) is 12.5. The minimum absolute atomic E-state index is 0.0670. The highest BCUT2D eigenvalue weighted by molar-refractivity contribution is 5.77. The summed E-state index contributed by atoms with van der Waals surface area (Å²) >= 11 is 0. The highest BCUT2D eigenvalue weighted by Crippen LogP contribution is 2.11. The fraction of sp³-hybridized carbons (Fsp3) is 0.417. The molecule has 2 heterocycles. The van der Waals surface area contributed by atoms with Crippen LogP contribution in [0.4, 0.5) is 0 Å². The zero-order valence-corrected chi connectivity index (χ0v) is 10.5. The summed E-state index contributed by atoms with van der Waals surface area (Å²) in [7, 11) is 0. The van der Waals surface area contributed by atoms with Gasteiger partial charge < -0.3 is 10.1 Å². The third kappa shape index (κ3) is 2.65. The Hall–Kier alpha value is -1.95. The van der Waals surface area contributed by atoms with E-state index < -0.39 is 0 Å². The Labute approximate surface area is 105 Å². The van der Waals surface area contributed by atoms with Crippen molar-refractivity contribution in [3.05, 3.63) is 30.2 Å². The van der Waals surface area contributed by atoms with E-state index in [4.69, 9.17) is 4.74 Å². The van der Waals surface area contributed by atoms with Crippen molar-refractivity contribution in [1.82, 2.24) is 19.9 Å². The number of carbonyl (C=O) groups is 1. The predicted molar refractivity (Wildman–Crippen MR) is 66.0 cm³/mol. The molecule has 2 rings (SSSR count). The number of pyridine rings is 1. The molecule has 0 saturated carbocycles. The van der Waals surface area contributed by atoms with Gasteiger partial charge in [-0.05, 0) is 26.0 Å². The number of nitrogens with one attached hydrogen (secondary N) is 1. The Bertz CT molecular complexity index is 538. The summed E-state index contributed by atoms with van der Waals surface area (Å²) in [6.45, 7) is 4.31. The molecule has 1 atom stereocenters. The second kappa shape index (κ2) is 5.59. The fourth-order valence-corrected chi connectivity index (χ4v) is 1.70. The van der Waals surface area contributed by atoms with E-state index in [1.807, 2.05) is 42.6 Å². The normalized spacial score (nSPS) is 12.6. The highest BCUT2D eigenvalue weighted by atomic mass is 16.5. The van der Waals surface area contributed by atoms with Gasteiger partial charge in [0.25, 0.3) is 0 Å². The maximum Gasteiger partial charge on any atom is 0.246 e. The molecular weight excluding hydrogens is 232 g/mol. The van der Waals surface area contributed by atoms with Gasteiger partial charge in [-0.15, -0.1) is 10.2 Å². The molecule has 0 fully saturated rings. The fourth-order valence-electron chi connectivity index (χ4n) is 1.70. The van der Waals surface area contributed by atoms with Crippen molar-refractivity contribution in [2.45, 2.75) is 19.9 Å². The lowest BCUT2D eigenvalue weighted by Gasteiger charge is -2.12. The van der Waals surface area contributed by atoms with Crippen molar-refractivity contribution in [3.8, 4) is 0 Å². The standard InChI is InChI=1S/C12H16N4O2/c1-3-18-8-11(17)13-9(2)12-15-14-10-6-4-5-7-16(10)12/h4-7,9H,3,8H2,1-2H3,(H,13,17). The van der Waals surface area contributed by atoms with Gasteiger partial charge in [-0.25, -0.2) is 0 Å². The van der Waals surface area contributed by atoms with Crippen LogP contribution in [0.2, 0.25) is 0 Å². The summed E-state index contributed by atoms with van der Waals surface area (Å²) in [4.78, 5) is 11.6. The number of nitrogens with zero attached hydrogens (tertiary/aromatic N) is 3. The smallest absolute Gasteiger partial charge is 0.246 e. The number of amides is 1. The maximum absolute atomic E-state index is 11.6. The SMILES string of the molecule is CCOCC(=O)NC(C)c1nnc2ccccn12. The van der Waals surface area contributed by atoms with Crippen molar-refractivity contribution in [2.75, 3.05) is 13.2 Å². The molecular formula is C12H16N4O2. The van der Waals surface area contributed by atoms with Crippen LogP contribution in [0.3, 0.4) is 0 Å². The van der Waals surface area contributed by atoms with Crippen molar-refractivity contribution in [3.63, 3.8) is 0 Å². The molecule has 96 valence electrons. The van der Waals surface area contributed by atoms with Gasteiger partial charge in [0.2, 0.25) is 5.91 Å². The van der Waals surface area contributed by atoms with Gasteiger partial charge in [-0.3, -0.25) is 9.20 Å². The zero-order valence-electron chi connectivity index (χ0n) is 10.5. The van der Waals surface area contributed by atoms with Gasteiger partial charge in [-0.2, -0.15) is 0 Å². The number of hydrogen-bond donors (Lipinski definition) is 1. The summed E-state index contributed by atoms with van der Waals surface area (Å²) in [6, 6.07) is 5.45. The van der Waals surface area contributed by atoms with Gasteiger partial charge in [0.15, 0.2) is 11.5 Å². The Balaban J connectivity index is 2.09. The van der Waals surface area contributed by atoms with Crippen molar-refractivity contribution >= 4 is 11.6 Å². The molecule has 0 saturated heterocycles. The molecule has 6 nitrogen and oxygen atoms in total. The lowest BCUT2D eigenvalue weighted by molar-refractivity contribution is -0.126. The van der Waals surface area contributed by atoms with E-state index in [1.54, 1.807) is 0 Å². The van der Waals surface area contributed by atoms with E-state index in [9.17, 15) is 4.79 Å². The molecule has 1 N–H and O–H groups in total. The van der Waals surface area contributed by atoms with E-state index in [-0.39, 0.29) is 18.6 Å². The topological polar surface area (TPSA) is 68.5 Å². The number of fused-ring (bicyclic) bond motifs is 1. The molecule has 1 unspecified atom stereocenters. The van der Waals surface area contributed by atoms with Crippen molar-refractivity contribution in [2.24, 2.45) is 0 Å². The molecule has 0 aliphatic heterocycles. The molecule has 2 aromatic heterocycles. The number of ether oxygens (including phenoxy) is 1. The molecule has 2 aromatic rings. The van der Waals surface area contributed by atoms with Crippen LogP contribution >= 0.6 is 0 Å². The summed E-state index contributed by atoms with van der Waals surface area (Å²) < 4.78 is 6.90. The Morgan fingerprint density at radius 3 is 3.11 bits per heavy atom. The van der Waals surface area contributed by atoms with Gasteiger partial charge >= 0.3 is 0 Å². The van der Waals surface area contributed by atoms with Crippen LogP contribution in [0, 0.1) is 0 Å². The highest BCUT2D eigenvalue weighted by Gasteiger charge is 2.15. The van der Waals surface area contributed by atoms with Crippen LogP contribution in [0.25, 0.3) is 5.65 Å². The third-order valence-corrected chi connectivity index (χ3v) is 2.54. The third-order valence-electron chi connectivity index (χ3n) is 2.54. The molecule has 0 bridgehead atoms. The first-order chi connectivity index (χ1) is 8.72. The van der Waals surface area contributed by atoms with Crippen LogP contribution in [-0.4, -0.2) is 33.7 Å². The van der Waals surface area contributed by atoms with E-state index in [0.29, 0.717) is 12.4 Å². The minimum Gasteiger partial charge on any atom is -0.372 e. The van der Waals surface area contributed by atoms with Crippen molar-refractivity contribution in [1.29, 1.82) is 0 Å². The average molecular weight is 248 g/mol. The number of aromatic nitrogens is 3. The lowest BCUT2D eigenvalue weighted by atomic mass is 10.3. The molecule has 1 amide bonds. The number of rotatable bonds is 5. The monoisotopic (exact) mass is 248 g/mol. The summed E-state index contributed by atoms with van der Waals surface area (Å²) in [5, 5.41) is 10.9. The summed E-state index contributed by atoms with van der Waals surface area (Å²) in [5.41, 5.74) is 0.762. The minimum atomic E-state index is -0.213. The zero-order chi connectivity index (χ0) is 13.0. The Morgan fingerprint density at radius 1 is 1.50 bits per heavy atom. The van der Waals surface area contributed by atoms with Gasteiger partial charge in [0.05, 0.1) is 6.04 Å². The maximum atomic E-state index is 11.6. The quantitative estimate of drug-likeness (QED) is 0.855. The van der Waals surface area contributed by atoms with Gasteiger partial charge in [0.1, 0.15) is 6.61 Å². The number of hydrogen-bond acceptors (Lipinski definition) is 4. The van der Waals surface area contributed by atoms with E-state index >= 15 is 0 Å². The van der Waals surface area contributed by atoms with Crippen LogP contribution in [-0.2, 0) is 9.53 Å². The molecule has 0 aliphatic carbocycles. The largest absolute Gasteiger partial charge is 0.372 e. The molecule has 18 heavy (non-hydrogen) atoms. The molecule has 0 aliphatic rings. The van der Waals surface area contributed by atoms with Crippen LogP contribution < -0.4 is 5.32 Å². The number of carbonyl (C=O) groups excluding carboxylic acids is 1. The predicted octanol–water partition coefficient (Wildman–Crippen LogP) is 0.943. The van der Waals surface area contributed by atoms with Crippen molar-refractivity contribution < 1.29 is 9.53 Å². The summed E-state index contributed by atoms with van der Waals surface area (Å²) in [6.07, 6.45) is 1.87. The summed E-state index contributed by atoms with van der Waals surface area (Å²) in [5.74, 6) is 0.549. The Morgan fingerprint density at radius 2 is 2.33 bits per heavy atom. The van der Waals surface area contributed by atoms with E-state index in [2.05, 4.69) is 15.5 Å². The lowest BCUT2D eigenvalue weighted by Crippen LogP contribution is -2.31. The Kier molecular flexibility index (Phi) is 3.88. The van der Waals surface area contributed by atoms with E-state index in [0.717, 1.165) is 5.65 Å². The van der Waals surface area contributed by atoms with E-state index in [1.165, 1.54) is 0 Å². The molecule has 0 aromatic carbocycles. The second-order valence-electron chi connectivity index (χ2n) is 3.91. The van der Waals surface area contributed by atoms with Crippen LogP contribution in [0.15, 0.2) is 24.4 Å². The van der Waals surface area contributed by atoms with Crippen LogP contribution in [0.1, 0.15) is 25.7 Å². The first-order valence-electron chi connectivity index (χ1n) is 5.89. The van der Waals surface area contributed by atoms with Gasteiger partial charge in [-0.1, -0.05) is 6.07 Å². The van der Waals surface area contributed by atoms with Gasteiger partial charge in [0, 0.05) is 12.8 Å². The first-order valence-corrected chi connectivity index (χ1v) is 5.89. The average Bonchev–Trinajstić information content (AvgIpc) is 2.80.